The van der Waals surface area contributed by atoms with Crippen LogP contribution in [0.25, 0.3) is 0 Å². The van der Waals surface area contributed by atoms with Crippen molar-refractivity contribution in [2.24, 2.45) is 5.73 Å². The molecule has 7 heteroatoms. The van der Waals surface area contributed by atoms with Crippen LogP contribution in [0.5, 0.6) is 11.5 Å². The van der Waals surface area contributed by atoms with Crippen molar-refractivity contribution in [1.29, 1.82) is 0 Å². The molecular weight excluding hydrogens is 352 g/mol. The number of primary amides is 1. The summed E-state index contributed by atoms with van der Waals surface area (Å²) in [5, 5.41) is 2.78. The van der Waals surface area contributed by atoms with Crippen molar-refractivity contribution in [2.75, 3.05) is 24.3 Å². The average molecular weight is 374 g/mol. The zero-order valence-electron chi connectivity index (χ0n) is 14.6. The maximum absolute atomic E-state index is 12.1. The molecule has 0 aliphatic carbocycles. The summed E-state index contributed by atoms with van der Waals surface area (Å²) in [5.41, 5.74) is 5.79. The molecule has 2 aromatic carbocycles. The van der Waals surface area contributed by atoms with Gasteiger partial charge in [0, 0.05) is 4.90 Å². The summed E-state index contributed by atoms with van der Waals surface area (Å²) in [4.78, 5) is 23.8. The Morgan fingerprint density at radius 1 is 1.04 bits per heavy atom. The summed E-state index contributed by atoms with van der Waals surface area (Å²) >= 11 is 1.28. The fraction of sp³-hybridized carbons (Fsp3) is 0.263. The van der Waals surface area contributed by atoms with E-state index in [1.54, 1.807) is 36.4 Å². The number of amides is 2. The van der Waals surface area contributed by atoms with E-state index < -0.39 is 5.91 Å². The lowest BCUT2D eigenvalue weighted by atomic mass is 10.3. The molecule has 0 saturated carbocycles. The van der Waals surface area contributed by atoms with Gasteiger partial charge in [0.1, 0.15) is 11.5 Å². The summed E-state index contributed by atoms with van der Waals surface area (Å²) in [6.45, 7) is 2.58. The molecule has 138 valence electrons. The van der Waals surface area contributed by atoms with Crippen molar-refractivity contribution in [3.8, 4) is 11.5 Å². The molecule has 0 aliphatic heterocycles. The average Bonchev–Trinajstić information content (AvgIpc) is 2.64. The second-order valence-electron chi connectivity index (χ2n) is 5.41. The molecule has 26 heavy (non-hydrogen) atoms. The Kier molecular flexibility index (Phi) is 7.82. The number of carbonyl (C=O) groups is 2. The van der Waals surface area contributed by atoms with Crippen LogP contribution in [0.3, 0.4) is 0 Å². The van der Waals surface area contributed by atoms with Crippen molar-refractivity contribution in [1.82, 2.24) is 0 Å². The van der Waals surface area contributed by atoms with Crippen LogP contribution in [0.4, 0.5) is 5.69 Å². The molecule has 0 spiro atoms. The van der Waals surface area contributed by atoms with Gasteiger partial charge in [-0.2, -0.15) is 0 Å². The second kappa shape index (κ2) is 10.4. The zero-order valence-corrected chi connectivity index (χ0v) is 15.4. The standard InChI is InChI=1S/C19H22N2O4S/c1-2-11-24-14-7-9-15(10-8-14)25-12-19(23)21-16-5-3-4-6-17(16)26-13-18(20)22/h3-10H,2,11-13H2,1H3,(H2,20,22)(H,21,23). The molecule has 0 heterocycles. The van der Waals surface area contributed by atoms with E-state index >= 15 is 0 Å². The maximum Gasteiger partial charge on any atom is 0.262 e. The van der Waals surface area contributed by atoms with Crippen molar-refractivity contribution in [2.45, 2.75) is 18.2 Å². The summed E-state index contributed by atoms with van der Waals surface area (Å²) in [5.74, 6) is 0.800. The lowest BCUT2D eigenvalue weighted by Crippen LogP contribution is -2.20. The Balaban J connectivity index is 1.86. The molecule has 0 bridgehead atoms. The van der Waals surface area contributed by atoms with E-state index in [0.717, 1.165) is 17.1 Å². The zero-order chi connectivity index (χ0) is 18.8. The third-order valence-electron chi connectivity index (χ3n) is 3.20. The number of thioether (sulfide) groups is 1. The summed E-state index contributed by atoms with van der Waals surface area (Å²) in [7, 11) is 0. The van der Waals surface area contributed by atoms with E-state index in [9.17, 15) is 9.59 Å². The van der Waals surface area contributed by atoms with E-state index in [0.29, 0.717) is 18.0 Å². The summed E-state index contributed by atoms with van der Waals surface area (Å²) < 4.78 is 11.0. The predicted molar refractivity (Wildman–Crippen MR) is 103 cm³/mol. The number of nitrogens with two attached hydrogens (primary N) is 1. The smallest absolute Gasteiger partial charge is 0.262 e. The Morgan fingerprint density at radius 2 is 1.69 bits per heavy atom. The second-order valence-corrected chi connectivity index (χ2v) is 6.43. The molecule has 0 aromatic heterocycles. The van der Waals surface area contributed by atoms with Crippen LogP contribution in [-0.2, 0) is 9.59 Å². The van der Waals surface area contributed by atoms with Gasteiger partial charge in [-0.1, -0.05) is 19.1 Å². The lowest BCUT2D eigenvalue weighted by Gasteiger charge is -2.11. The summed E-state index contributed by atoms with van der Waals surface area (Å²) in [6.07, 6.45) is 0.942. The number of para-hydroxylation sites is 1. The number of hydrogen-bond donors (Lipinski definition) is 2. The third-order valence-corrected chi connectivity index (χ3v) is 4.29. The molecule has 2 rings (SSSR count). The number of rotatable bonds is 10. The number of hydrogen-bond acceptors (Lipinski definition) is 5. The highest BCUT2D eigenvalue weighted by molar-refractivity contribution is 8.00. The SMILES string of the molecule is CCCOc1ccc(OCC(=O)Nc2ccccc2SCC(N)=O)cc1. The van der Waals surface area contributed by atoms with E-state index in [-0.39, 0.29) is 18.3 Å². The minimum Gasteiger partial charge on any atom is -0.494 e. The molecule has 3 N–H and O–H groups in total. The first-order valence-corrected chi connectivity index (χ1v) is 9.22. The molecule has 0 atom stereocenters. The number of benzene rings is 2. The van der Waals surface area contributed by atoms with Crippen LogP contribution in [0, 0.1) is 0 Å². The van der Waals surface area contributed by atoms with Crippen LogP contribution < -0.4 is 20.5 Å². The van der Waals surface area contributed by atoms with E-state index in [1.165, 1.54) is 11.8 Å². The third kappa shape index (κ3) is 6.68. The topological polar surface area (TPSA) is 90.7 Å². The molecule has 0 radical (unpaired) electrons. The Bertz CT molecular complexity index is 735. The van der Waals surface area contributed by atoms with Crippen molar-refractivity contribution < 1.29 is 19.1 Å². The Hall–Kier alpha value is -2.67. The number of carbonyl (C=O) groups excluding carboxylic acids is 2. The maximum atomic E-state index is 12.1. The molecule has 2 aromatic rings. The minimum atomic E-state index is -0.411. The largest absolute Gasteiger partial charge is 0.494 e. The molecule has 2 amide bonds. The fourth-order valence-electron chi connectivity index (χ4n) is 2.03. The number of nitrogens with one attached hydrogen (secondary N) is 1. The highest BCUT2D eigenvalue weighted by atomic mass is 32.2. The molecule has 6 nitrogen and oxygen atoms in total. The Labute approximate surface area is 157 Å². The molecular formula is C19H22N2O4S. The van der Waals surface area contributed by atoms with Gasteiger partial charge in [-0.3, -0.25) is 9.59 Å². The lowest BCUT2D eigenvalue weighted by molar-refractivity contribution is -0.118. The highest BCUT2D eigenvalue weighted by Crippen LogP contribution is 2.26. The van der Waals surface area contributed by atoms with Gasteiger partial charge in [-0.25, -0.2) is 0 Å². The minimum absolute atomic E-state index is 0.121. The molecule has 0 unspecified atom stereocenters. The van der Waals surface area contributed by atoms with E-state index in [1.807, 2.05) is 19.1 Å². The normalized spacial score (nSPS) is 10.2. The number of anilines is 1. The molecule has 0 fully saturated rings. The molecule has 0 aliphatic rings. The van der Waals surface area contributed by atoms with Crippen LogP contribution in [0.15, 0.2) is 53.4 Å². The Morgan fingerprint density at radius 3 is 2.35 bits per heavy atom. The highest BCUT2D eigenvalue weighted by Gasteiger charge is 2.09. The van der Waals surface area contributed by atoms with Gasteiger partial charge in [0.2, 0.25) is 5.91 Å². The van der Waals surface area contributed by atoms with Crippen molar-refractivity contribution in [3.63, 3.8) is 0 Å². The van der Waals surface area contributed by atoms with Crippen molar-refractivity contribution >= 4 is 29.3 Å². The van der Waals surface area contributed by atoms with Gasteiger partial charge in [-0.05, 0) is 42.8 Å². The van der Waals surface area contributed by atoms with Gasteiger partial charge in [0.05, 0.1) is 18.0 Å². The van der Waals surface area contributed by atoms with Gasteiger partial charge in [0.15, 0.2) is 6.61 Å². The quantitative estimate of drug-likeness (QED) is 0.624. The van der Waals surface area contributed by atoms with E-state index in [4.69, 9.17) is 15.2 Å². The first-order chi connectivity index (χ1) is 12.6. The predicted octanol–water partition coefficient (Wildman–Crippen LogP) is 3.07. The first kappa shape index (κ1) is 19.7. The monoisotopic (exact) mass is 374 g/mol. The number of ether oxygens (including phenoxy) is 2. The first-order valence-electron chi connectivity index (χ1n) is 8.24. The summed E-state index contributed by atoms with van der Waals surface area (Å²) in [6, 6.07) is 14.3. The van der Waals surface area contributed by atoms with Gasteiger partial charge >= 0.3 is 0 Å². The van der Waals surface area contributed by atoms with E-state index in [2.05, 4.69) is 5.32 Å². The van der Waals surface area contributed by atoms with Gasteiger partial charge in [-0.15, -0.1) is 11.8 Å². The van der Waals surface area contributed by atoms with Crippen LogP contribution in [0.1, 0.15) is 13.3 Å². The fourth-order valence-corrected chi connectivity index (χ4v) is 2.78. The van der Waals surface area contributed by atoms with Crippen LogP contribution >= 0.6 is 11.8 Å². The van der Waals surface area contributed by atoms with Crippen LogP contribution in [-0.4, -0.2) is 30.8 Å². The van der Waals surface area contributed by atoms with Gasteiger partial charge in [0.25, 0.3) is 5.91 Å². The van der Waals surface area contributed by atoms with Crippen LogP contribution in [0.2, 0.25) is 0 Å². The molecule has 0 saturated heterocycles. The van der Waals surface area contributed by atoms with Crippen molar-refractivity contribution in [3.05, 3.63) is 48.5 Å². The van der Waals surface area contributed by atoms with Gasteiger partial charge < -0.3 is 20.5 Å².